The summed E-state index contributed by atoms with van der Waals surface area (Å²) < 4.78 is 27.8. The lowest BCUT2D eigenvalue weighted by Gasteiger charge is -2.11. The quantitative estimate of drug-likeness (QED) is 0.751. The van der Waals surface area contributed by atoms with E-state index in [2.05, 4.69) is 19.6 Å². The van der Waals surface area contributed by atoms with Gasteiger partial charge in [0.1, 0.15) is 5.69 Å². The molecule has 1 unspecified atom stereocenters. The van der Waals surface area contributed by atoms with Crippen molar-refractivity contribution in [1.29, 1.82) is 0 Å². The summed E-state index contributed by atoms with van der Waals surface area (Å²) in [5, 5.41) is 6.91. The summed E-state index contributed by atoms with van der Waals surface area (Å²) in [6, 6.07) is 4.21. The van der Waals surface area contributed by atoms with Crippen molar-refractivity contribution in [2.24, 2.45) is 5.73 Å². The summed E-state index contributed by atoms with van der Waals surface area (Å²) in [5.41, 5.74) is 6.28. The number of nitrogens with two attached hydrogens (primary N) is 1. The van der Waals surface area contributed by atoms with Crippen LogP contribution in [0.1, 0.15) is 10.4 Å². The molecule has 1 heterocycles. The van der Waals surface area contributed by atoms with Crippen molar-refractivity contribution in [2.75, 3.05) is 4.72 Å². The molecule has 0 saturated heterocycles. The third-order valence-corrected chi connectivity index (χ3v) is 2.52. The Morgan fingerprint density at radius 3 is 2.83 bits per heavy atom. The fourth-order valence-corrected chi connectivity index (χ4v) is 1.73. The van der Waals surface area contributed by atoms with Crippen molar-refractivity contribution in [3.05, 3.63) is 30.0 Å². The van der Waals surface area contributed by atoms with Crippen molar-refractivity contribution in [3.63, 3.8) is 0 Å². The van der Waals surface area contributed by atoms with E-state index in [0.717, 1.165) is 0 Å². The first kappa shape index (κ1) is 12.2. The van der Waals surface area contributed by atoms with Gasteiger partial charge in [0.2, 0.25) is 5.91 Å². The van der Waals surface area contributed by atoms with Gasteiger partial charge in [0.25, 0.3) is 0 Å². The first-order chi connectivity index (χ1) is 8.58. The molecule has 1 amide bonds. The predicted molar refractivity (Wildman–Crippen MR) is 60.8 cm³/mol. The monoisotopic (exact) mass is 267 g/mol. The van der Waals surface area contributed by atoms with E-state index >= 15 is 0 Å². The predicted octanol–water partition coefficient (Wildman–Crippen LogP) is 0.0415. The van der Waals surface area contributed by atoms with Gasteiger partial charge in [-0.3, -0.25) is 9.00 Å². The van der Waals surface area contributed by atoms with Gasteiger partial charge < -0.3 is 19.5 Å². The van der Waals surface area contributed by atoms with Gasteiger partial charge in [0.15, 0.2) is 6.26 Å². The van der Waals surface area contributed by atoms with Crippen LogP contribution in [0.15, 0.2) is 29.0 Å². The Balaban J connectivity index is 2.51. The molecule has 0 saturated carbocycles. The summed E-state index contributed by atoms with van der Waals surface area (Å²) in [6.07, 6.45) is 1.22. The standard InChI is InChI=1S/C9H8N4O4S/c10-9(14)6-2-1-5(12-18(15)16)3-7(6)8-4-17-13-11-8/h1-4,12H,(H2,10,14)(H,15,16)/p-1. The molecule has 0 fully saturated rings. The van der Waals surface area contributed by atoms with Crippen LogP contribution >= 0.6 is 0 Å². The molecular weight excluding hydrogens is 260 g/mol. The van der Waals surface area contributed by atoms with E-state index in [9.17, 15) is 13.6 Å². The second-order valence-corrected chi connectivity index (χ2v) is 3.93. The Morgan fingerprint density at radius 1 is 1.50 bits per heavy atom. The molecule has 2 aromatic rings. The van der Waals surface area contributed by atoms with Crippen LogP contribution in [0.2, 0.25) is 0 Å². The molecule has 94 valence electrons. The molecule has 18 heavy (non-hydrogen) atoms. The molecule has 0 aliphatic carbocycles. The van der Waals surface area contributed by atoms with Crippen LogP contribution in [0, 0.1) is 0 Å². The number of aromatic nitrogens is 2. The number of amides is 1. The molecule has 1 atom stereocenters. The zero-order valence-electron chi connectivity index (χ0n) is 8.82. The van der Waals surface area contributed by atoms with Crippen LogP contribution in [-0.4, -0.2) is 25.0 Å². The maximum absolute atomic E-state index is 11.3. The van der Waals surface area contributed by atoms with Gasteiger partial charge in [0.05, 0.1) is 0 Å². The molecule has 9 heteroatoms. The van der Waals surface area contributed by atoms with Crippen LogP contribution in [-0.2, 0) is 11.3 Å². The lowest BCUT2D eigenvalue weighted by Crippen LogP contribution is -2.13. The minimum atomic E-state index is -2.46. The van der Waals surface area contributed by atoms with Crippen LogP contribution in [0.25, 0.3) is 11.3 Å². The zero-order chi connectivity index (χ0) is 13.1. The minimum Gasteiger partial charge on any atom is -0.755 e. The van der Waals surface area contributed by atoms with Gasteiger partial charge >= 0.3 is 0 Å². The molecule has 3 N–H and O–H groups in total. The van der Waals surface area contributed by atoms with Crippen LogP contribution in [0.4, 0.5) is 5.69 Å². The first-order valence-electron chi connectivity index (χ1n) is 4.65. The Hall–Kier alpha value is -2.26. The van der Waals surface area contributed by atoms with E-state index in [1.807, 2.05) is 0 Å². The number of nitrogens with one attached hydrogen (secondary N) is 1. The first-order valence-corrected chi connectivity index (χ1v) is 5.72. The molecule has 2 rings (SSSR count). The minimum absolute atomic E-state index is 0.188. The Kier molecular flexibility index (Phi) is 3.35. The smallest absolute Gasteiger partial charge is 0.249 e. The van der Waals surface area contributed by atoms with E-state index < -0.39 is 17.2 Å². The number of primary amides is 1. The van der Waals surface area contributed by atoms with Crippen molar-refractivity contribution in [3.8, 4) is 11.3 Å². The second kappa shape index (κ2) is 4.94. The fourth-order valence-electron chi connectivity index (χ4n) is 1.41. The third-order valence-electron chi connectivity index (χ3n) is 2.12. The summed E-state index contributed by atoms with van der Waals surface area (Å²) >= 11 is -2.46. The number of benzene rings is 1. The summed E-state index contributed by atoms with van der Waals surface area (Å²) in [5.74, 6) is -0.664. The third kappa shape index (κ3) is 2.52. The number of rotatable bonds is 4. The number of anilines is 1. The van der Waals surface area contributed by atoms with E-state index in [-0.39, 0.29) is 16.9 Å². The number of hydrogen-bond donors (Lipinski definition) is 2. The SMILES string of the molecule is NC(=O)c1ccc(NS(=O)[O-])cc1-c1conn1. The van der Waals surface area contributed by atoms with E-state index in [1.54, 1.807) is 0 Å². The van der Waals surface area contributed by atoms with Gasteiger partial charge in [-0.25, -0.2) is 0 Å². The highest BCUT2D eigenvalue weighted by Crippen LogP contribution is 2.25. The number of hydrogen-bond acceptors (Lipinski definition) is 6. The Bertz CT molecular complexity index is 599. The highest BCUT2D eigenvalue weighted by Gasteiger charge is 2.13. The lowest BCUT2D eigenvalue weighted by atomic mass is 10.0. The van der Waals surface area contributed by atoms with Crippen LogP contribution in [0.3, 0.4) is 0 Å². The normalized spacial score (nSPS) is 12.1. The second-order valence-electron chi connectivity index (χ2n) is 3.25. The van der Waals surface area contributed by atoms with E-state index in [0.29, 0.717) is 5.56 Å². The number of nitrogens with zero attached hydrogens (tertiary/aromatic N) is 2. The molecule has 0 bridgehead atoms. The maximum atomic E-state index is 11.3. The number of carbonyl (C=O) groups is 1. The largest absolute Gasteiger partial charge is 0.755 e. The molecule has 0 radical (unpaired) electrons. The van der Waals surface area contributed by atoms with Gasteiger partial charge in [-0.05, 0) is 18.2 Å². The topological polar surface area (TPSA) is 134 Å². The highest BCUT2D eigenvalue weighted by molar-refractivity contribution is 7.80. The molecule has 0 spiro atoms. The van der Waals surface area contributed by atoms with Gasteiger partial charge in [-0.1, -0.05) is 0 Å². The van der Waals surface area contributed by atoms with Gasteiger partial charge in [-0.15, -0.1) is 5.10 Å². The zero-order valence-corrected chi connectivity index (χ0v) is 9.64. The highest BCUT2D eigenvalue weighted by atomic mass is 32.2. The molecule has 0 aliphatic heterocycles. The van der Waals surface area contributed by atoms with Gasteiger partial charge in [0, 0.05) is 33.4 Å². The molecular formula is C9H7N4O4S-. The number of carbonyl (C=O) groups excluding carboxylic acids is 1. The van der Waals surface area contributed by atoms with Gasteiger partial charge in [-0.2, -0.15) is 0 Å². The van der Waals surface area contributed by atoms with Crippen molar-refractivity contribution in [2.45, 2.75) is 0 Å². The van der Waals surface area contributed by atoms with E-state index in [4.69, 9.17) is 5.73 Å². The maximum Gasteiger partial charge on any atom is 0.249 e. The van der Waals surface area contributed by atoms with Crippen molar-refractivity contribution < 1.29 is 18.1 Å². The lowest BCUT2D eigenvalue weighted by molar-refractivity contribution is 0.100. The summed E-state index contributed by atoms with van der Waals surface area (Å²) in [7, 11) is 0. The van der Waals surface area contributed by atoms with Crippen LogP contribution < -0.4 is 10.5 Å². The summed E-state index contributed by atoms with van der Waals surface area (Å²) in [4.78, 5) is 11.3. The molecule has 0 aliphatic rings. The Morgan fingerprint density at radius 2 is 2.28 bits per heavy atom. The fraction of sp³-hybridized carbons (Fsp3) is 0. The van der Waals surface area contributed by atoms with Crippen molar-refractivity contribution in [1.82, 2.24) is 10.4 Å². The van der Waals surface area contributed by atoms with Crippen LogP contribution in [0.5, 0.6) is 0 Å². The molecule has 1 aromatic heterocycles. The average Bonchev–Trinajstić information content (AvgIpc) is 2.80. The van der Waals surface area contributed by atoms with Crippen molar-refractivity contribution >= 4 is 22.9 Å². The molecule has 8 nitrogen and oxygen atoms in total. The summed E-state index contributed by atoms with van der Waals surface area (Å²) in [6.45, 7) is 0. The molecule has 1 aromatic carbocycles. The average molecular weight is 267 g/mol. The Labute approximate surface area is 104 Å². The van der Waals surface area contributed by atoms with E-state index in [1.165, 1.54) is 24.5 Å².